The van der Waals surface area contributed by atoms with Crippen molar-refractivity contribution in [1.29, 1.82) is 0 Å². The van der Waals surface area contributed by atoms with Crippen LogP contribution < -0.4 is 10.3 Å². The largest absolute Gasteiger partial charge is 0.507 e. The van der Waals surface area contributed by atoms with Crippen LogP contribution in [0.1, 0.15) is 55.7 Å². The number of phenolic OH excluding ortho intramolecular Hbond substituents is 1. The zero-order valence-corrected chi connectivity index (χ0v) is 19.3. The zero-order chi connectivity index (χ0) is 23.3. The Morgan fingerprint density at radius 2 is 1.75 bits per heavy atom. The van der Waals surface area contributed by atoms with Gasteiger partial charge in [0, 0.05) is 17.4 Å². The highest BCUT2D eigenvalue weighted by Crippen LogP contribution is 2.58. The average molecular weight is 454 g/mol. The van der Waals surface area contributed by atoms with E-state index < -0.39 is 10.0 Å². The van der Waals surface area contributed by atoms with Crippen LogP contribution in [-0.2, 0) is 15.4 Å². The van der Waals surface area contributed by atoms with E-state index in [9.17, 15) is 18.3 Å². The molecule has 3 N–H and O–H groups in total. The molecule has 1 fully saturated rings. The van der Waals surface area contributed by atoms with Crippen LogP contribution in [0, 0.1) is 0 Å². The maximum absolute atomic E-state index is 12.4. The third-order valence-electron chi connectivity index (χ3n) is 5.85. The number of phenols is 1. The molecule has 1 aromatic heterocycles. The second kappa shape index (κ2) is 7.78. The molecule has 1 aliphatic rings. The first kappa shape index (κ1) is 22.1. The van der Waals surface area contributed by atoms with Crippen LogP contribution in [0.4, 0.5) is 5.69 Å². The first-order valence-electron chi connectivity index (χ1n) is 10.4. The van der Waals surface area contributed by atoms with E-state index in [0.29, 0.717) is 16.8 Å². The topological polar surface area (TPSA) is 112 Å². The van der Waals surface area contributed by atoms with Crippen molar-refractivity contribution in [3.63, 3.8) is 0 Å². The third-order valence-corrected chi connectivity index (χ3v) is 6.46. The highest BCUT2D eigenvalue weighted by Gasteiger charge is 2.42. The normalized spacial score (nSPS) is 18.4. The SMILES string of the molecule is CC(C)(C)c1cc(-c2ccn[nH]c2=O)c(O)c(C2CC2c2ccc(NS(C)(=O)=O)cc2)c1. The highest BCUT2D eigenvalue weighted by molar-refractivity contribution is 7.92. The summed E-state index contributed by atoms with van der Waals surface area (Å²) in [6.45, 7) is 6.30. The lowest BCUT2D eigenvalue weighted by Crippen LogP contribution is -2.14. The van der Waals surface area contributed by atoms with E-state index in [-0.39, 0.29) is 28.6 Å². The Morgan fingerprint density at radius 1 is 1.06 bits per heavy atom. The lowest BCUT2D eigenvalue weighted by atomic mass is 9.83. The molecular weight excluding hydrogens is 426 g/mol. The molecule has 0 radical (unpaired) electrons. The molecule has 1 saturated carbocycles. The molecule has 32 heavy (non-hydrogen) atoms. The quantitative estimate of drug-likeness (QED) is 0.539. The van der Waals surface area contributed by atoms with E-state index >= 15 is 0 Å². The summed E-state index contributed by atoms with van der Waals surface area (Å²) in [5, 5.41) is 17.4. The van der Waals surface area contributed by atoms with Gasteiger partial charge in [0.1, 0.15) is 5.75 Å². The maximum Gasteiger partial charge on any atom is 0.272 e. The van der Waals surface area contributed by atoms with Gasteiger partial charge in [0.05, 0.1) is 11.8 Å². The number of H-pyrrole nitrogens is 1. The second-order valence-electron chi connectivity index (χ2n) is 9.46. The summed E-state index contributed by atoms with van der Waals surface area (Å²) in [5.41, 5.74) is 3.85. The summed E-state index contributed by atoms with van der Waals surface area (Å²) in [7, 11) is -3.32. The molecular formula is C24H27N3O4S. The molecule has 168 valence electrons. The van der Waals surface area contributed by atoms with Gasteiger partial charge < -0.3 is 5.11 Å². The van der Waals surface area contributed by atoms with Crippen LogP contribution in [0.15, 0.2) is 53.5 Å². The first-order valence-corrected chi connectivity index (χ1v) is 12.3. The fraction of sp³-hybridized carbons (Fsp3) is 0.333. The van der Waals surface area contributed by atoms with Gasteiger partial charge in [0.2, 0.25) is 10.0 Å². The number of nitrogens with one attached hydrogen (secondary N) is 2. The van der Waals surface area contributed by atoms with Gasteiger partial charge in [-0.15, -0.1) is 0 Å². The zero-order valence-electron chi connectivity index (χ0n) is 18.5. The van der Waals surface area contributed by atoms with Gasteiger partial charge in [-0.2, -0.15) is 5.10 Å². The van der Waals surface area contributed by atoms with Crippen LogP contribution in [0.5, 0.6) is 5.75 Å². The van der Waals surface area contributed by atoms with Crippen molar-refractivity contribution in [3.05, 3.63) is 75.7 Å². The highest BCUT2D eigenvalue weighted by atomic mass is 32.2. The summed E-state index contributed by atoms with van der Waals surface area (Å²) in [6.07, 6.45) is 3.49. The number of anilines is 1. The molecule has 0 bridgehead atoms. The number of aromatic hydroxyl groups is 1. The van der Waals surface area contributed by atoms with Crippen LogP contribution >= 0.6 is 0 Å². The summed E-state index contributed by atoms with van der Waals surface area (Å²) in [6, 6.07) is 12.9. The number of hydrogen-bond acceptors (Lipinski definition) is 5. The van der Waals surface area contributed by atoms with Crippen molar-refractivity contribution in [1.82, 2.24) is 10.2 Å². The molecule has 0 aliphatic heterocycles. The van der Waals surface area contributed by atoms with Crippen molar-refractivity contribution in [2.24, 2.45) is 0 Å². The minimum Gasteiger partial charge on any atom is -0.507 e. The molecule has 1 aliphatic carbocycles. The number of nitrogens with zero attached hydrogens (tertiary/aromatic N) is 1. The average Bonchev–Trinajstić information content (AvgIpc) is 3.48. The standard InChI is InChI=1S/C24H27N3O4S/c1-24(2,3)15-11-20(17-9-10-25-26-23(17)29)22(28)21(12-15)19-13-18(19)14-5-7-16(8-6-14)27-32(4,30)31/h5-12,18-19,27-28H,13H2,1-4H3,(H,26,29). The molecule has 3 aromatic rings. The Hall–Kier alpha value is -3.13. The summed E-state index contributed by atoms with van der Waals surface area (Å²) >= 11 is 0. The molecule has 0 spiro atoms. The van der Waals surface area contributed by atoms with Crippen molar-refractivity contribution < 1.29 is 13.5 Å². The number of sulfonamides is 1. The first-order chi connectivity index (χ1) is 14.9. The van der Waals surface area contributed by atoms with Crippen LogP contribution in [0.25, 0.3) is 11.1 Å². The van der Waals surface area contributed by atoms with Crippen molar-refractivity contribution in [2.75, 3.05) is 11.0 Å². The number of rotatable bonds is 5. The smallest absolute Gasteiger partial charge is 0.272 e. The van der Waals surface area contributed by atoms with E-state index in [4.69, 9.17) is 0 Å². The number of aromatic amines is 1. The minimum absolute atomic E-state index is 0.116. The molecule has 0 amide bonds. The predicted molar refractivity (Wildman–Crippen MR) is 126 cm³/mol. The fourth-order valence-corrected chi connectivity index (χ4v) is 4.62. The monoisotopic (exact) mass is 453 g/mol. The minimum atomic E-state index is -3.32. The Balaban J connectivity index is 1.71. The number of aromatic nitrogens is 2. The van der Waals surface area contributed by atoms with Crippen molar-refractivity contribution in [2.45, 2.75) is 44.4 Å². The van der Waals surface area contributed by atoms with Gasteiger partial charge in [-0.25, -0.2) is 13.5 Å². The molecule has 7 nitrogen and oxygen atoms in total. The van der Waals surface area contributed by atoms with Gasteiger partial charge in [-0.3, -0.25) is 9.52 Å². The van der Waals surface area contributed by atoms with Gasteiger partial charge in [-0.05, 0) is 64.6 Å². The number of hydrogen-bond donors (Lipinski definition) is 3. The molecule has 2 atom stereocenters. The number of benzene rings is 2. The van der Waals surface area contributed by atoms with Crippen molar-refractivity contribution >= 4 is 15.7 Å². The van der Waals surface area contributed by atoms with E-state index in [1.165, 1.54) is 6.20 Å². The Labute approximate surface area is 187 Å². The van der Waals surface area contributed by atoms with Crippen LogP contribution in [0.2, 0.25) is 0 Å². The molecule has 2 aromatic carbocycles. The van der Waals surface area contributed by atoms with Gasteiger partial charge in [0.25, 0.3) is 5.56 Å². The van der Waals surface area contributed by atoms with Crippen LogP contribution in [0.3, 0.4) is 0 Å². The molecule has 2 unspecified atom stereocenters. The van der Waals surface area contributed by atoms with Gasteiger partial charge >= 0.3 is 0 Å². The Morgan fingerprint density at radius 3 is 2.34 bits per heavy atom. The molecule has 4 rings (SSSR count). The van der Waals surface area contributed by atoms with E-state index in [1.807, 2.05) is 24.3 Å². The van der Waals surface area contributed by atoms with Gasteiger partial charge in [0.15, 0.2) is 0 Å². The van der Waals surface area contributed by atoms with Crippen molar-refractivity contribution in [3.8, 4) is 16.9 Å². The molecule has 1 heterocycles. The van der Waals surface area contributed by atoms with Gasteiger partial charge in [-0.1, -0.05) is 39.0 Å². The fourth-order valence-electron chi connectivity index (χ4n) is 4.05. The molecule has 8 heteroatoms. The van der Waals surface area contributed by atoms with E-state index in [2.05, 4.69) is 35.7 Å². The lowest BCUT2D eigenvalue weighted by molar-refractivity contribution is 0.468. The molecule has 0 saturated heterocycles. The second-order valence-corrected chi connectivity index (χ2v) is 11.2. The Bertz CT molecular complexity index is 1320. The summed E-state index contributed by atoms with van der Waals surface area (Å²) in [5.74, 6) is 0.454. The van der Waals surface area contributed by atoms with Crippen LogP contribution in [-0.4, -0.2) is 30.0 Å². The summed E-state index contributed by atoms with van der Waals surface area (Å²) < 4.78 is 25.3. The van der Waals surface area contributed by atoms with E-state index in [1.54, 1.807) is 18.2 Å². The summed E-state index contributed by atoms with van der Waals surface area (Å²) in [4.78, 5) is 12.4. The third kappa shape index (κ3) is 4.55. The Kier molecular flexibility index (Phi) is 5.36. The maximum atomic E-state index is 12.4. The lowest BCUT2D eigenvalue weighted by Gasteiger charge is -2.22. The van der Waals surface area contributed by atoms with E-state index in [0.717, 1.165) is 29.4 Å². The predicted octanol–water partition coefficient (Wildman–Crippen LogP) is 4.08.